The van der Waals surface area contributed by atoms with Gasteiger partial charge >= 0.3 is 0 Å². The topological polar surface area (TPSA) is 29.3 Å². The SMILES string of the molecule is C=CCN(c1ccc([C@H](C)N)c(Br)c1)C1CC1. The summed E-state index contributed by atoms with van der Waals surface area (Å²) in [4.78, 5) is 2.41. The fourth-order valence-electron chi connectivity index (χ4n) is 2.05. The minimum absolute atomic E-state index is 0.0622. The zero-order valence-corrected chi connectivity index (χ0v) is 11.8. The van der Waals surface area contributed by atoms with Crippen molar-refractivity contribution in [2.45, 2.75) is 31.8 Å². The number of rotatable bonds is 5. The van der Waals surface area contributed by atoms with Gasteiger partial charge in [0.1, 0.15) is 0 Å². The Hall–Kier alpha value is -0.800. The predicted octanol–water partition coefficient (Wildman–Crippen LogP) is 3.62. The second kappa shape index (κ2) is 5.23. The number of hydrogen-bond acceptors (Lipinski definition) is 2. The molecule has 1 aromatic rings. The largest absolute Gasteiger partial charge is 0.365 e. The quantitative estimate of drug-likeness (QED) is 0.841. The average molecular weight is 295 g/mol. The van der Waals surface area contributed by atoms with E-state index in [1.807, 2.05) is 13.0 Å². The molecule has 1 aliphatic rings. The van der Waals surface area contributed by atoms with Gasteiger partial charge in [-0.2, -0.15) is 0 Å². The predicted molar refractivity (Wildman–Crippen MR) is 77.3 cm³/mol. The first-order chi connectivity index (χ1) is 8.13. The van der Waals surface area contributed by atoms with Gasteiger partial charge in [0.25, 0.3) is 0 Å². The Morgan fingerprint density at radius 3 is 2.76 bits per heavy atom. The van der Waals surface area contributed by atoms with Crippen molar-refractivity contribution in [1.29, 1.82) is 0 Å². The van der Waals surface area contributed by atoms with Gasteiger partial charge in [-0.3, -0.25) is 0 Å². The molecular formula is C14H19BrN2. The molecule has 2 N–H and O–H groups in total. The molecule has 0 radical (unpaired) electrons. The van der Waals surface area contributed by atoms with Gasteiger partial charge in [0.05, 0.1) is 0 Å². The van der Waals surface area contributed by atoms with Crippen LogP contribution in [0.4, 0.5) is 5.69 Å². The second-order valence-electron chi connectivity index (χ2n) is 4.67. The lowest BCUT2D eigenvalue weighted by molar-refractivity contribution is 0.809. The number of anilines is 1. The third kappa shape index (κ3) is 2.90. The maximum Gasteiger partial charge on any atom is 0.0383 e. The molecule has 0 spiro atoms. The van der Waals surface area contributed by atoms with E-state index < -0.39 is 0 Å². The summed E-state index contributed by atoms with van der Waals surface area (Å²) in [5, 5.41) is 0. The fourth-order valence-corrected chi connectivity index (χ4v) is 2.78. The summed E-state index contributed by atoms with van der Waals surface area (Å²) in [5.41, 5.74) is 8.32. The van der Waals surface area contributed by atoms with E-state index in [1.165, 1.54) is 18.5 Å². The Bertz CT molecular complexity index is 411. The summed E-state index contributed by atoms with van der Waals surface area (Å²) >= 11 is 3.60. The van der Waals surface area contributed by atoms with Crippen LogP contribution < -0.4 is 10.6 Å². The summed E-state index contributed by atoms with van der Waals surface area (Å²) < 4.78 is 1.10. The van der Waals surface area contributed by atoms with Crippen molar-refractivity contribution in [2.75, 3.05) is 11.4 Å². The molecule has 0 aliphatic heterocycles. The van der Waals surface area contributed by atoms with Crippen LogP contribution in [0.2, 0.25) is 0 Å². The van der Waals surface area contributed by atoms with Crippen LogP contribution in [0.1, 0.15) is 31.4 Å². The zero-order valence-electron chi connectivity index (χ0n) is 10.2. The van der Waals surface area contributed by atoms with E-state index in [0.29, 0.717) is 6.04 Å². The van der Waals surface area contributed by atoms with E-state index in [-0.39, 0.29) is 6.04 Å². The zero-order chi connectivity index (χ0) is 12.4. The molecule has 0 bridgehead atoms. The molecule has 1 aliphatic carbocycles. The molecule has 2 rings (SSSR count). The van der Waals surface area contributed by atoms with Crippen molar-refractivity contribution in [3.63, 3.8) is 0 Å². The van der Waals surface area contributed by atoms with Gasteiger partial charge in [-0.25, -0.2) is 0 Å². The molecule has 0 heterocycles. The van der Waals surface area contributed by atoms with E-state index in [1.54, 1.807) is 0 Å². The highest BCUT2D eigenvalue weighted by Gasteiger charge is 2.28. The van der Waals surface area contributed by atoms with Gasteiger partial charge in [0.15, 0.2) is 0 Å². The Labute approximate surface area is 112 Å². The first-order valence-electron chi connectivity index (χ1n) is 6.06. The maximum atomic E-state index is 5.91. The Kier molecular flexibility index (Phi) is 3.89. The van der Waals surface area contributed by atoms with Gasteiger partial charge in [-0.1, -0.05) is 28.1 Å². The molecule has 1 atom stereocenters. The van der Waals surface area contributed by atoms with Crippen LogP contribution >= 0.6 is 15.9 Å². The molecule has 1 saturated carbocycles. The number of hydrogen-bond donors (Lipinski definition) is 1. The van der Waals surface area contributed by atoms with E-state index in [9.17, 15) is 0 Å². The summed E-state index contributed by atoms with van der Waals surface area (Å²) in [6.45, 7) is 6.74. The number of benzene rings is 1. The van der Waals surface area contributed by atoms with Crippen LogP contribution in [0.5, 0.6) is 0 Å². The third-order valence-electron chi connectivity index (χ3n) is 3.12. The van der Waals surface area contributed by atoms with Gasteiger partial charge in [-0.05, 0) is 37.5 Å². The van der Waals surface area contributed by atoms with E-state index in [4.69, 9.17) is 5.73 Å². The van der Waals surface area contributed by atoms with Gasteiger partial charge in [0.2, 0.25) is 0 Å². The molecule has 1 fully saturated rings. The number of nitrogens with two attached hydrogens (primary N) is 1. The van der Waals surface area contributed by atoms with E-state index in [0.717, 1.165) is 16.6 Å². The first-order valence-corrected chi connectivity index (χ1v) is 6.85. The minimum Gasteiger partial charge on any atom is -0.365 e. The van der Waals surface area contributed by atoms with Crippen molar-refractivity contribution in [1.82, 2.24) is 0 Å². The lowest BCUT2D eigenvalue weighted by Gasteiger charge is -2.24. The third-order valence-corrected chi connectivity index (χ3v) is 3.81. The van der Waals surface area contributed by atoms with Crippen molar-refractivity contribution in [3.8, 4) is 0 Å². The van der Waals surface area contributed by atoms with Crippen LogP contribution in [-0.2, 0) is 0 Å². The van der Waals surface area contributed by atoms with Gasteiger partial charge in [0, 0.05) is 28.8 Å². The number of halogens is 1. The van der Waals surface area contributed by atoms with Crippen LogP contribution in [0.3, 0.4) is 0 Å². The Balaban J connectivity index is 2.25. The highest BCUT2D eigenvalue weighted by Crippen LogP contribution is 2.34. The van der Waals surface area contributed by atoms with Crippen molar-refractivity contribution in [2.24, 2.45) is 5.73 Å². The smallest absolute Gasteiger partial charge is 0.0383 e. The Morgan fingerprint density at radius 1 is 1.59 bits per heavy atom. The van der Waals surface area contributed by atoms with Crippen molar-refractivity contribution < 1.29 is 0 Å². The van der Waals surface area contributed by atoms with Crippen LogP contribution in [0.15, 0.2) is 35.3 Å². The van der Waals surface area contributed by atoms with E-state index in [2.05, 4.69) is 45.6 Å². The van der Waals surface area contributed by atoms with Crippen LogP contribution in [0.25, 0.3) is 0 Å². The van der Waals surface area contributed by atoms with Crippen molar-refractivity contribution >= 4 is 21.6 Å². The monoisotopic (exact) mass is 294 g/mol. The average Bonchev–Trinajstić information content (AvgIpc) is 3.09. The second-order valence-corrected chi connectivity index (χ2v) is 5.52. The summed E-state index contributed by atoms with van der Waals surface area (Å²) in [6, 6.07) is 7.20. The standard InChI is InChI=1S/C14H19BrN2/c1-3-8-17(11-4-5-11)12-6-7-13(10(2)16)14(15)9-12/h3,6-7,9-11H,1,4-5,8,16H2,2H3/t10-/m0/s1. The first kappa shape index (κ1) is 12.7. The minimum atomic E-state index is 0.0622. The molecule has 17 heavy (non-hydrogen) atoms. The summed E-state index contributed by atoms with van der Waals surface area (Å²) in [6.07, 6.45) is 4.55. The normalized spacial score (nSPS) is 16.6. The molecule has 0 unspecified atom stereocenters. The van der Waals surface area contributed by atoms with Crippen molar-refractivity contribution in [3.05, 3.63) is 40.9 Å². The van der Waals surface area contributed by atoms with Crippen LogP contribution in [0, 0.1) is 0 Å². The molecule has 0 amide bonds. The molecule has 2 nitrogen and oxygen atoms in total. The van der Waals surface area contributed by atoms with Crippen LogP contribution in [-0.4, -0.2) is 12.6 Å². The number of nitrogens with zero attached hydrogens (tertiary/aromatic N) is 1. The van der Waals surface area contributed by atoms with E-state index >= 15 is 0 Å². The summed E-state index contributed by atoms with van der Waals surface area (Å²) in [7, 11) is 0. The lowest BCUT2D eigenvalue weighted by Crippen LogP contribution is -2.25. The van der Waals surface area contributed by atoms with Gasteiger partial charge < -0.3 is 10.6 Å². The molecular weight excluding hydrogens is 276 g/mol. The molecule has 3 heteroatoms. The summed E-state index contributed by atoms with van der Waals surface area (Å²) in [5.74, 6) is 0. The van der Waals surface area contributed by atoms with Gasteiger partial charge in [-0.15, -0.1) is 6.58 Å². The highest BCUT2D eigenvalue weighted by molar-refractivity contribution is 9.10. The molecule has 92 valence electrons. The molecule has 1 aromatic carbocycles. The molecule has 0 aromatic heterocycles. The maximum absolute atomic E-state index is 5.91. The molecule has 0 saturated heterocycles. The lowest BCUT2D eigenvalue weighted by atomic mass is 10.1. The fraction of sp³-hybridized carbons (Fsp3) is 0.429. The highest BCUT2D eigenvalue weighted by atomic mass is 79.9. The Morgan fingerprint density at radius 2 is 2.29 bits per heavy atom.